The van der Waals surface area contributed by atoms with Crippen molar-refractivity contribution in [1.82, 2.24) is 10.2 Å². The SMILES string of the molecule is CC(C)(C)C(=O)N1CCC(C(=O)N[C@@H]2CCSc3ccccc32)CC1. The molecule has 5 heteroatoms. The Kier molecular flexibility index (Phi) is 5.42. The molecule has 0 radical (unpaired) electrons. The third-order valence-corrected chi connectivity index (χ3v) is 6.19. The number of carbonyl (C=O) groups is 2. The maximum absolute atomic E-state index is 12.7. The normalized spacial score (nSPS) is 21.6. The van der Waals surface area contributed by atoms with Gasteiger partial charge in [-0.05, 0) is 30.9 Å². The van der Waals surface area contributed by atoms with Crippen molar-refractivity contribution in [3.63, 3.8) is 0 Å². The maximum Gasteiger partial charge on any atom is 0.227 e. The van der Waals surface area contributed by atoms with E-state index in [2.05, 4.69) is 23.5 Å². The molecule has 0 saturated carbocycles. The predicted molar refractivity (Wildman–Crippen MR) is 101 cm³/mol. The van der Waals surface area contributed by atoms with Crippen molar-refractivity contribution >= 4 is 23.6 Å². The Morgan fingerprint density at radius 1 is 1.12 bits per heavy atom. The molecule has 0 spiro atoms. The molecule has 1 aromatic rings. The largest absolute Gasteiger partial charge is 0.349 e. The van der Waals surface area contributed by atoms with Crippen molar-refractivity contribution in [1.29, 1.82) is 0 Å². The number of amides is 2. The number of thioether (sulfide) groups is 1. The number of nitrogens with one attached hydrogen (secondary N) is 1. The summed E-state index contributed by atoms with van der Waals surface area (Å²) in [6.45, 7) is 7.22. The molecular formula is C20H28N2O2S. The molecular weight excluding hydrogens is 332 g/mol. The number of benzene rings is 1. The second kappa shape index (κ2) is 7.40. The minimum absolute atomic E-state index is 0.0192. The van der Waals surface area contributed by atoms with Crippen LogP contribution < -0.4 is 5.32 Å². The zero-order valence-corrected chi connectivity index (χ0v) is 16.2. The fourth-order valence-corrected chi connectivity index (χ4v) is 4.73. The van der Waals surface area contributed by atoms with Gasteiger partial charge in [0, 0.05) is 35.1 Å². The summed E-state index contributed by atoms with van der Waals surface area (Å²) in [5, 5.41) is 3.26. The molecule has 136 valence electrons. The van der Waals surface area contributed by atoms with Crippen LogP contribution in [-0.4, -0.2) is 35.6 Å². The molecule has 1 aromatic carbocycles. The van der Waals surface area contributed by atoms with E-state index >= 15 is 0 Å². The molecule has 4 nitrogen and oxygen atoms in total. The Balaban J connectivity index is 1.57. The van der Waals surface area contributed by atoms with E-state index in [9.17, 15) is 9.59 Å². The highest BCUT2D eigenvalue weighted by molar-refractivity contribution is 7.99. The quantitative estimate of drug-likeness (QED) is 0.876. The highest BCUT2D eigenvalue weighted by Crippen LogP contribution is 2.36. The van der Waals surface area contributed by atoms with Crippen molar-refractivity contribution in [2.75, 3.05) is 18.8 Å². The first-order valence-corrected chi connectivity index (χ1v) is 10.2. The van der Waals surface area contributed by atoms with Gasteiger partial charge in [0.05, 0.1) is 6.04 Å². The van der Waals surface area contributed by atoms with Gasteiger partial charge >= 0.3 is 0 Å². The summed E-state index contributed by atoms with van der Waals surface area (Å²) in [4.78, 5) is 28.3. The van der Waals surface area contributed by atoms with Crippen molar-refractivity contribution < 1.29 is 9.59 Å². The van der Waals surface area contributed by atoms with E-state index in [1.165, 1.54) is 10.5 Å². The molecule has 0 aliphatic carbocycles. The molecule has 1 saturated heterocycles. The lowest BCUT2D eigenvalue weighted by Gasteiger charge is -2.36. The number of likely N-dealkylation sites (tertiary alicyclic amines) is 1. The topological polar surface area (TPSA) is 49.4 Å². The summed E-state index contributed by atoms with van der Waals surface area (Å²) in [7, 11) is 0. The maximum atomic E-state index is 12.7. The molecule has 1 N–H and O–H groups in total. The molecule has 2 heterocycles. The molecule has 1 fully saturated rings. The summed E-state index contributed by atoms with van der Waals surface area (Å²) in [5.41, 5.74) is 0.894. The number of carbonyl (C=O) groups excluding carboxylic acids is 2. The summed E-state index contributed by atoms with van der Waals surface area (Å²) < 4.78 is 0. The smallest absolute Gasteiger partial charge is 0.227 e. The molecule has 2 aliphatic heterocycles. The Bertz CT molecular complexity index is 645. The molecule has 0 bridgehead atoms. The number of hydrogen-bond donors (Lipinski definition) is 1. The van der Waals surface area contributed by atoms with E-state index < -0.39 is 0 Å². The number of piperidine rings is 1. The second-order valence-electron chi connectivity index (χ2n) is 8.05. The Morgan fingerprint density at radius 3 is 2.48 bits per heavy atom. The lowest BCUT2D eigenvalue weighted by molar-refractivity contribution is -0.142. The minimum Gasteiger partial charge on any atom is -0.349 e. The number of nitrogens with zero attached hydrogens (tertiary/aromatic N) is 1. The highest BCUT2D eigenvalue weighted by Gasteiger charge is 2.33. The second-order valence-corrected chi connectivity index (χ2v) is 9.19. The molecule has 2 amide bonds. The van der Waals surface area contributed by atoms with Gasteiger partial charge in [0.25, 0.3) is 0 Å². The molecule has 25 heavy (non-hydrogen) atoms. The molecule has 2 aliphatic rings. The van der Waals surface area contributed by atoms with Crippen LogP contribution in [0.5, 0.6) is 0 Å². The Labute approximate surface area is 154 Å². The number of hydrogen-bond acceptors (Lipinski definition) is 3. The first kappa shape index (κ1) is 18.3. The Hall–Kier alpha value is -1.49. The van der Waals surface area contributed by atoms with Gasteiger partial charge in [0.2, 0.25) is 11.8 Å². The summed E-state index contributed by atoms with van der Waals surface area (Å²) in [5.74, 6) is 1.39. The van der Waals surface area contributed by atoms with Gasteiger partial charge in [0.1, 0.15) is 0 Å². The molecule has 0 unspecified atom stereocenters. The van der Waals surface area contributed by atoms with Gasteiger partial charge in [-0.2, -0.15) is 0 Å². The van der Waals surface area contributed by atoms with Crippen LogP contribution in [0.3, 0.4) is 0 Å². The van der Waals surface area contributed by atoms with E-state index in [0.717, 1.165) is 25.0 Å². The van der Waals surface area contributed by atoms with Crippen LogP contribution in [0.4, 0.5) is 0 Å². The monoisotopic (exact) mass is 360 g/mol. The van der Waals surface area contributed by atoms with Gasteiger partial charge in [-0.25, -0.2) is 0 Å². The highest BCUT2D eigenvalue weighted by atomic mass is 32.2. The third kappa shape index (κ3) is 4.20. The first-order chi connectivity index (χ1) is 11.9. The lowest BCUT2D eigenvalue weighted by atomic mass is 9.90. The van der Waals surface area contributed by atoms with Crippen LogP contribution in [0.2, 0.25) is 0 Å². The van der Waals surface area contributed by atoms with E-state index in [4.69, 9.17) is 0 Å². The Morgan fingerprint density at radius 2 is 1.80 bits per heavy atom. The zero-order valence-electron chi connectivity index (χ0n) is 15.4. The average molecular weight is 361 g/mol. The van der Waals surface area contributed by atoms with Crippen LogP contribution in [0, 0.1) is 11.3 Å². The van der Waals surface area contributed by atoms with E-state index in [0.29, 0.717) is 13.1 Å². The molecule has 0 aromatic heterocycles. The van der Waals surface area contributed by atoms with Gasteiger partial charge < -0.3 is 10.2 Å². The standard InChI is InChI=1S/C20H28N2O2S/c1-20(2,3)19(24)22-11-8-14(9-12-22)18(23)21-16-10-13-25-17-7-5-4-6-15(16)17/h4-7,14,16H,8-13H2,1-3H3,(H,21,23)/t16-/m1/s1. The van der Waals surface area contributed by atoms with Crippen LogP contribution in [0.1, 0.15) is 51.6 Å². The van der Waals surface area contributed by atoms with Gasteiger partial charge in [-0.3, -0.25) is 9.59 Å². The van der Waals surface area contributed by atoms with Gasteiger partial charge in [0.15, 0.2) is 0 Å². The number of rotatable bonds is 2. The van der Waals surface area contributed by atoms with Crippen LogP contribution in [0.15, 0.2) is 29.2 Å². The van der Waals surface area contributed by atoms with E-state index in [1.807, 2.05) is 43.5 Å². The average Bonchev–Trinajstić information content (AvgIpc) is 2.61. The molecule has 3 rings (SSSR count). The fourth-order valence-electron chi connectivity index (χ4n) is 3.60. The third-order valence-electron chi connectivity index (χ3n) is 5.07. The zero-order chi connectivity index (χ0) is 18.0. The predicted octanol–water partition coefficient (Wildman–Crippen LogP) is 3.62. The van der Waals surface area contributed by atoms with Crippen molar-refractivity contribution in [3.05, 3.63) is 29.8 Å². The van der Waals surface area contributed by atoms with Crippen LogP contribution >= 0.6 is 11.8 Å². The fraction of sp³-hybridized carbons (Fsp3) is 0.600. The lowest BCUT2D eigenvalue weighted by Crippen LogP contribution is -2.47. The van der Waals surface area contributed by atoms with Crippen molar-refractivity contribution in [3.8, 4) is 0 Å². The first-order valence-electron chi connectivity index (χ1n) is 9.18. The van der Waals surface area contributed by atoms with Gasteiger partial charge in [-0.15, -0.1) is 11.8 Å². The number of fused-ring (bicyclic) bond motifs is 1. The summed E-state index contributed by atoms with van der Waals surface area (Å²) >= 11 is 1.87. The van der Waals surface area contributed by atoms with Crippen LogP contribution in [0.25, 0.3) is 0 Å². The van der Waals surface area contributed by atoms with E-state index in [1.54, 1.807) is 0 Å². The van der Waals surface area contributed by atoms with Gasteiger partial charge in [-0.1, -0.05) is 39.0 Å². The molecule has 1 atom stereocenters. The summed E-state index contributed by atoms with van der Waals surface area (Å²) in [6, 6.07) is 8.48. The van der Waals surface area contributed by atoms with Crippen LogP contribution in [-0.2, 0) is 9.59 Å². The minimum atomic E-state index is -0.349. The van der Waals surface area contributed by atoms with E-state index in [-0.39, 0.29) is 29.2 Å². The summed E-state index contributed by atoms with van der Waals surface area (Å²) in [6.07, 6.45) is 2.50. The van der Waals surface area contributed by atoms with Crippen molar-refractivity contribution in [2.24, 2.45) is 11.3 Å². The van der Waals surface area contributed by atoms with Crippen molar-refractivity contribution in [2.45, 2.75) is 51.0 Å².